The third-order valence-electron chi connectivity index (χ3n) is 5.85. The number of benzene rings is 1. The molecule has 0 saturated heterocycles. The highest BCUT2D eigenvalue weighted by Crippen LogP contribution is 2.43. The van der Waals surface area contributed by atoms with Crippen LogP contribution in [0.2, 0.25) is 0 Å². The van der Waals surface area contributed by atoms with Gasteiger partial charge in [-0.25, -0.2) is 9.37 Å². The number of hydrogen-bond acceptors (Lipinski definition) is 8. The first-order valence-electron chi connectivity index (χ1n) is 11.3. The molecule has 0 spiro atoms. The van der Waals surface area contributed by atoms with Crippen molar-refractivity contribution in [1.82, 2.24) is 10.3 Å². The lowest BCUT2D eigenvalue weighted by Crippen LogP contribution is -2.30. The summed E-state index contributed by atoms with van der Waals surface area (Å²) in [4.78, 5) is 30.0. The van der Waals surface area contributed by atoms with Crippen molar-refractivity contribution in [3.63, 3.8) is 0 Å². The molecule has 0 saturated carbocycles. The Morgan fingerprint density at radius 3 is 2.62 bits per heavy atom. The van der Waals surface area contributed by atoms with Gasteiger partial charge in [0.15, 0.2) is 17.3 Å². The second kappa shape index (κ2) is 11.5. The van der Waals surface area contributed by atoms with Crippen LogP contribution < -0.4 is 19.5 Å². The van der Waals surface area contributed by atoms with Gasteiger partial charge in [0.05, 0.1) is 38.2 Å². The van der Waals surface area contributed by atoms with E-state index < -0.39 is 39.5 Å². The number of Topliss-reactive ketones (excluding diaryl/α,β-unsaturated/α-hetero) is 1. The summed E-state index contributed by atoms with van der Waals surface area (Å²) in [7, 11) is 1.27. The number of pyridine rings is 1. The number of carbonyl (C=O) groups excluding carboxylic acids is 2. The maximum Gasteiger partial charge on any atom is 0.251 e. The normalized spacial score (nSPS) is 19.9. The minimum Gasteiger partial charge on any atom is -0.494 e. The SMILES string of the molecule is COc1cc(C(=O)NCC(=O)c2ccc(OC)c(C3=CS(=O)C4C(F)=CC=CC34)n2)ccc1OCCO. The quantitative estimate of drug-likeness (QED) is 0.451. The van der Waals surface area contributed by atoms with Crippen LogP contribution in [0.3, 0.4) is 0 Å². The largest absolute Gasteiger partial charge is 0.494 e. The average Bonchev–Trinajstić information content (AvgIpc) is 3.26. The van der Waals surface area contributed by atoms with E-state index >= 15 is 0 Å². The maximum absolute atomic E-state index is 14.3. The molecule has 2 N–H and O–H groups in total. The molecule has 194 valence electrons. The van der Waals surface area contributed by atoms with Crippen molar-refractivity contribution in [2.24, 2.45) is 5.92 Å². The standard InChI is InChI=1S/C26H25FN2O7S/c1-34-22-9-7-19(29-24(22)17-14-37(33)25-16(17)4-3-5-18(25)27)20(31)13-28-26(32)15-6-8-21(36-11-10-30)23(12-15)35-2/h3-9,12,14,16,25,30H,10-11,13H2,1-2H3,(H,28,32). The first-order valence-corrected chi connectivity index (χ1v) is 12.6. The molecule has 3 atom stereocenters. The van der Waals surface area contributed by atoms with Gasteiger partial charge in [0, 0.05) is 16.9 Å². The van der Waals surface area contributed by atoms with E-state index in [2.05, 4.69) is 10.3 Å². The van der Waals surface area contributed by atoms with E-state index in [9.17, 15) is 18.2 Å². The zero-order valence-corrected chi connectivity index (χ0v) is 20.9. The number of hydrogen-bond donors (Lipinski definition) is 2. The highest BCUT2D eigenvalue weighted by molar-refractivity contribution is 7.89. The van der Waals surface area contributed by atoms with Gasteiger partial charge in [-0.1, -0.05) is 12.2 Å². The second-order valence-corrected chi connectivity index (χ2v) is 9.48. The van der Waals surface area contributed by atoms with E-state index in [0.717, 1.165) is 0 Å². The van der Waals surface area contributed by atoms with E-state index in [1.165, 1.54) is 50.0 Å². The minimum atomic E-state index is -1.59. The molecule has 1 aliphatic carbocycles. The van der Waals surface area contributed by atoms with E-state index in [-0.39, 0.29) is 31.0 Å². The van der Waals surface area contributed by atoms with E-state index in [0.29, 0.717) is 28.5 Å². The zero-order chi connectivity index (χ0) is 26.5. The number of nitrogens with one attached hydrogen (secondary N) is 1. The minimum absolute atomic E-state index is 0.0624. The van der Waals surface area contributed by atoms with Gasteiger partial charge in [-0.3, -0.25) is 13.8 Å². The van der Waals surface area contributed by atoms with Crippen LogP contribution in [0.1, 0.15) is 26.5 Å². The fourth-order valence-corrected chi connectivity index (χ4v) is 5.55. The number of carbonyl (C=O) groups is 2. The molecule has 0 bridgehead atoms. The van der Waals surface area contributed by atoms with Crippen LogP contribution in [0.4, 0.5) is 4.39 Å². The first-order chi connectivity index (χ1) is 17.9. The van der Waals surface area contributed by atoms with E-state index in [1.54, 1.807) is 18.2 Å². The predicted octanol–water partition coefficient (Wildman–Crippen LogP) is 2.59. The number of amides is 1. The van der Waals surface area contributed by atoms with Gasteiger partial charge in [0.25, 0.3) is 5.91 Å². The number of methoxy groups -OCH3 is 2. The van der Waals surface area contributed by atoms with Crippen LogP contribution in [0, 0.1) is 5.92 Å². The van der Waals surface area contributed by atoms with Crippen molar-refractivity contribution in [3.05, 3.63) is 76.7 Å². The monoisotopic (exact) mass is 528 g/mol. The molecule has 2 aromatic rings. The Kier molecular flexibility index (Phi) is 8.14. The fraction of sp³-hybridized carbons (Fsp3) is 0.269. The molecule has 1 aromatic heterocycles. The summed E-state index contributed by atoms with van der Waals surface area (Å²) in [6.07, 6.45) is 4.59. The molecule has 1 aromatic carbocycles. The van der Waals surface area contributed by atoms with Gasteiger partial charge in [-0.05, 0) is 42.0 Å². The molecule has 3 unspecified atom stereocenters. The second-order valence-electron chi connectivity index (χ2n) is 8.08. The van der Waals surface area contributed by atoms with Crippen molar-refractivity contribution in [1.29, 1.82) is 0 Å². The zero-order valence-electron chi connectivity index (χ0n) is 20.1. The number of aliphatic hydroxyl groups is 1. The van der Waals surface area contributed by atoms with Gasteiger partial charge in [-0.15, -0.1) is 0 Å². The summed E-state index contributed by atoms with van der Waals surface area (Å²) in [6, 6.07) is 7.53. The van der Waals surface area contributed by atoms with Gasteiger partial charge >= 0.3 is 0 Å². The fourth-order valence-electron chi connectivity index (χ4n) is 4.06. The van der Waals surface area contributed by atoms with Crippen LogP contribution in [-0.2, 0) is 10.8 Å². The summed E-state index contributed by atoms with van der Waals surface area (Å²) in [5.74, 6) is -0.936. The average molecular weight is 529 g/mol. The third-order valence-corrected chi connectivity index (χ3v) is 7.35. The van der Waals surface area contributed by atoms with Gasteiger partial charge < -0.3 is 24.6 Å². The first kappa shape index (κ1) is 26.2. The molecule has 37 heavy (non-hydrogen) atoms. The molecular formula is C26H25FN2O7S. The number of fused-ring (bicyclic) bond motifs is 1. The van der Waals surface area contributed by atoms with Crippen molar-refractivity contribution >= 4 is 28.1 Å². The Hall–Kier alpha value is -3.83. The Balaban J connectivity index is 1.50. The van der Waals surface area contributed by atoms with Crippen molar-refractivity contribution < 1.29 is 37.5 Å². The number of ether oxygens (including phenoxy) is 3. The van der Waals surface area contributed by atoms with E-state index in [1.807, 2.05) is 0 Å². The van der Waals surface area contributed by atoms with Gasteiger partial charge in [0.1, 0.15) is 34.8 Å². The van der Waals surface area contributed by atoms with Crippen LogP contribution in [0.25, 0.3) is 5.57 Å². The maximum atomic E-state index is 14.3. The Morgan fingerprint density at radius 1 is 1.14 bits per heavy atom. The molecule has 9 nitrogen and oxygen atoms in total. The summed E-state index contributed by atoms with van der Waals surface area (Å²) in [6.45, 7) is -0.435. The van der Waals surface area contributed by atoms with Crippen molar-refractivity contribution in [2.75, 3.05) is 34.0 Å². The molecule has 2 aliphatic rings. The lowest BCUT2D eigenvalue weighted by Gasteiger charge is -2.20. The molecule has 2 heterocycles. The summed E-state index contributed by atoms with van der Waals surface area (Å²) >= 11 is 0. The molecule has 0 radical (unpaired) electrons. The Labute approximate surface area is 215 Å². The van der Waals surface area contributed by atoms with Crippen molar-refractivity contribution in [2.45, 2.75) is 5.25 Å². The summed E-state index contributed by atoms with van der Waals surface area (Å²) < 4.78 is 42.9. The highest BCUT2D eigenvalue weighted by Gasteiger charge is 2.40. The number of allylic oxidation sites excluding steroid dienone is 4. The van der Waals surface area contributed by atoms with Crippen LogP contribution in [-0.4, -0.2) is 65.2 Å². The number of halogens is 1. The summed E-state index contributed by atoms with van der Waals surface area (Å²) in [5, 5.41) is 12.1. The Bertz CT molecular complexity index is 1340. The molecular weight excluding hydrogens is 503 g/mol. The lowest BCUT2D eigenvalue weighted by atomic mass is 9.90. The summed E-state index contributed by atoms with van der Waals surface area (Å²) in [5.41, 5.74) is 1.11. The highest BCUT2D eigenvalue weighted by atomic mass is 32.2. The van der Waals surface area contributed by atoms with Crippen LogP contribution >= 0.6 is 0 Å². The predicted molar refractivity (Wildman–Crippen MR) is 135 cm³/mol. The molecule has 1 aliphatic heterocycles. The molecule has 0 fully saturated rings. The lowest BCUT2D eigenvalue weighted by molar-refractivity contribution is 0.0902. The van der Waals surface area contributed by atoms with E-state index in [4.69, 9.17) is 19.3 Å². The van der Waals surface area contributed by atoms with Crippen LogP contribution in [0.15, 0.2) is 59.8 Å². The number of nitrogens with zero attached hydrogens (tertiary/aromatic N) is 1. The smallest absolute Gasteiger partial charge is 0.251 e. The molecule has 11 heteroatoms. The molecule has 1 amide bonds. The van der Waals surface area contributed by atoms with Gasteiger partial charge in [0.2, 0.25) is 0 Å². The third kappa shape index (κ3) is 5.47. The Morgan fingerprint density at radius 2 is 1.89 bits per heavy atom. The topological polar surface area (TPSA) is 124 Å². The van der Waals surface area contributed by atoms with Crippen molar-refractivity contribution in [3.8, 4) is 17.2 Å². The van der Waals surface area contributed by atoms with Crippen LogP contribution in [0.5, 0.6) is 17.2 Å². The number of rotatable bonds is 10. The number of ketones is 1. The number of aliphatic hydroxyl groups excluding tert-OH is 1. The molecule has 4 rings (SSSR count). The van der Waals surface area contributed by atoms with Gasteiger partial charge in [-0.2, -0.15) is 0 Å². The number of aromatic nitrogens is 1.